The van der Waals surface area contributed by atoms with Crippen LogP contribution in [0.4, 0.5) is 10.8 Å². The van der Waals surface area contributed by atoms with Gasteiger partial charge in [-0.05, 0) is 41.9 Å². The SMILES string of the molecule is CC(C)c1ccccc1Nc1nn(-c2ccccc2)c(=S)s1. The third kappa shape index (κ3) is 3.10. The Hall–Kier alpha value is -1.98. The van der Waals surface area contributed by atoms with Crippen molar-refractivity contribution >= 4 is 34.4 Å². The van der Waals surface area contributed by atoms with Crippen molar-refractivity contribution in [1.29, 1.82) is 0 Å². The van der Waals surface area contributed by atoms with E-state index in [1.807, 2.05) is 36.4 Å². The molecule has 0 bridgehead atoms. The second-order valence-corrected chi connectivity index (χ2v) is 6.91. The number of nitrogens with zero attached hydrogens (tertiary/aromatic N) is 2. The van der Waals surface area contributed by atoms with Crippen molar-refractivity contribution in [2.24, 2.45) is 0 Å². The first-order chi connectivity index (χ1) is 10.6. The minimum absolute atomic E-state index is 0.452. The van der Waals surface area contributed by atoms with E-state index in [0.717, 1.165) is 20.5 Å². The number of hydrogen-bond donors (Lipinski definition) is 1. The Bertz CT molecular complexity index is 819. The van der Waals surface area contributed by atoms with E-state index < -0.39 is 0 Å². The minimum Gasteiger partial charge on any atom is -0.330 e. The van der Waals surface area contributed by atoms with Gasteiger partial charge in [-0.2, -0.15) is 0 Å². The van der Waals surface area contributed by atoms with Crippen LogP contribution in [0.15, 0.2) is 54.6 Å². The Kier molecular flexibility index (Phi) is 4.36. The normalized spacial score (nSPS) is 10.9. The molecule has 0 aliphatic heterocycles. The van der Waals surface area contributed by atoms with Gasteiger partial charge in [-0.25, -0.2) is 4.68 Å². The van der Waals surface area contributed by atoms with Gasteiger partial charge < -0.3 is 5.32 Å². The van der Waals surface area contributed by atoms with Gasteiger partial charge in [-0.3, -0.25) is 0 Å². The quantitative estimate of drug-likeness (QED) is 0.639. The van der Waals surface area contributed by atoms with Gasteiger partial charge in [-0.1, -0.05) is 61.6 Å². The summed E-state index contributed by atoms with van der Waals surface area (Å²) in [7, 11) is 0. The van der Waals surface area contributed by atoms with Crippen molar-refractivity contribution in [3.8, 4) is 5.69 Å². The molecule has 0 unspecified atom stereocenters. The van der Waals surface area contributed by atoms with Crippen LogP contribution in [0.1, 0.15) is 25.3 Å². The number of rotatable bonds is 4. The van der Waals surface area contributed by atoms with Gasteiger partial charge in [-0.15, -0.1) is 5.10 Å². The summed E-state index contributed by atoms with van der Waals surface area (Å²) in [4.78, 5) is 0. The highest BCUT2D eigenvalue weighted by Gasteiger charge is 2.09. The van der Waals surface area contributed by atoms with Crippen LogP contribution in [0.5, 0.6) is 0 Å². The summed E-state index contributed by atoms with van der Waals surface area (Å²) in [6, 6.07) is 18.3. The maximum absolute atomic E-state index is 5.43. The molecule has 0 aliphatic carbocycles. The maximum atomic E-state index is 5.43. The fourth-order valence-corrected chi connectivity index (χ4v) is 3.35. The summed E-state index contributed by atoms with van der Waals surface area (Å²) < 4.78 is 2.52. The van der Waals surface area contributed by atoms with Crippen LogP contribution in [0.3, 0.4) is 0 Å². The van der Waals surface area contributed by atoms with Crippen LogP contribution in [0.25, 0.3) is 5.69 Å². The Morgan fingerprint density at radius 2 is 1.73 bits per heavy atom. The minimum atomic E-state index is 0.452. The van der Waals surface area contributed by atoms with Gasteiger partial charge in [0.15, 0.2) is 3.95 Å². The molecule has 22 heavy (non-hydrogen) atoms. The van der Waals surface area contributed by atoms with Gasteiger partial charge in [0.2, 0.25) is 5.13 Å². The Balaban J connectivity index is 1.94. The van der Waals surface area contributed by atoms with Crippen LogP contribution in [-0.2, 0) is 0 Å². The van der Waals surface area contributed by atoms with Crippen molar-refractivity contribution in [2.75, 3.05) is 5.32 Å². The molecule has 3 nitrogen and oxygen atoms in total. The van der Waals surface area contributed by atoms with Gasteiger partial charge in [0, 0.05) is 5.69 Å². The molecule has 0 atom stereocenters. The molecule has 112 valence electrons. The summed E-state index contributed by atoms with van der Waals surface area (Å²) in [5, 5.41) is 8.81. The lowest BCUT2D eigenvalue weighted by molar-refractivity contribution is 0.863. The molecule has 0 radical (unpaired) electrons. The Labute approximate surface area is 139 Å². The number of para-hydroxylation sites is 2. The first-order valence-electron chi connectivity index (χ1n) is 7.16. The number of aromatic nitrogens is 2. The summed E-state index contributed by atoms with van der Waals surface area (Å²) in [6.45, 7) is 4.37. The zero-order chi connectivity index (χ0) is 15.5. The second kappa shape index (κ2) is 6.42. The van der Waals surface area contributed by atoms with E-state index in [1.54, 1.807) is 4.68 Å². The average Bonchev–Trinajstić information content (AvgIpc) is 2.89. The highest BCUT2D eigenvalue weighted by Crippen LogP contribution is 2.28. The smallest absolute Gasteiger partial charge is 0.209 e. The molecule has 0 amide bonds. The maximum Gasteiger partial charge on any atom is 0.209 e. The third-order valence-electron chi connectivity index (χ3n) is 3.37. The molecule has 0 saturated carbocycles. The summed E-state index contributed by atoms with van der Waals surface area (Å²) in [5.41, 5.74) is 3.34. The third-order valence-corrected chi connectivity index (χ3v) is 4.52. The van der Waals surface area contributed by atoms with Crippen LogP contribution >= 0.6 is 23.6 Å². The van der Waals surface area contributed by atoms with E-state index in [9.17, 15) is 0 Å². The fraction of sp³-hybridized carbons (Fsp3) is 0.176. The molecule has 0 spiro atoms. The zero-order valence-electron chi connectivity index (χ0n) is 12.5. The molecule has 2 aromatic carbocycles. The predicted molar refractivity (Wildman–Crippen MR) is 96.1 cm³/mol. The van der Waals surface area contributed by atoms with E-state index in [-0.39, 0.29) is 0 Å². The van der Waals surface area contributed by atoms with Crippen molar-refractivity contribution in [2.45, 2.75) is 19.8 Å². The van der Waals surface area contributed by atoms with E-state index in [1.165, 1.54) is 16.9 Å². The van der Waals surface area contributed by atoms with Gasteiger partial charge >= 0.3 is 0 Å². The lowest BCUT2D eigenvalue weighted by Gasteiger charge is -2.12. The number of anilines is 2. The van der Waals surface area contributed by atoms with Crippen LogP contribution in [0, 0.1) is 3.95 Å². The number of nitrogens with one attached hydrogen (secondary N) is 1. The fourth-order valence-electron chi connectivity index (χ4n) is 2.29. The van der Waals surface area contributed by atoms with E-state index in [0.29, 0.717) is 5.92 Å². The standard InChI is InChI=1S/C17H17N3S2/c1-12(2)14-10-6-7-11-15(14)18-16-19-20(17(21)22-16)13-8-4-3-5-9-13/h3-12H,1-2H3,(H,18,19). The molecule has 5 heteroatoms. The number of benzene rings is 2. The van der Waals surface area contributed by atoms with Crippen LogP contribution in [0.2, 0.25) is 0 Å². The highest BCUT2D eigenvalue weighted by molar-refractivity contribution is 7.73. The molecule has 0 aliphatic rings. The lowest BCUT2D eigenvalue weighted by atomic mass is 10.0. The summed E-state index contributed by atoms with van der Waals surface area (Å²) >= 11 is 6.91. The lowest BCUT2D eigenvalue weighted by Crippen LogP contribution is -2.00. The first kappa shape index (κ1) is 14.9. The predicted octanol–water partition coefficient (Wildman–Crippen LogP) is 5.53. The molecule has 1 heterocycles. The molecule has 3 aromatic rings. The number of hydrogen-bond acceptors (Lipinski definition) is 4. The van der Waals surface area contributed by atoms with E-state index in [4.69, 9.17) is 12.2 Å². The van der Waals surface area contributed by atoms with E-state index >= 15 is 0 Å². The molecule has 1 aromatic heterocycles. The van der Waals surface area contributed by atoms with Crippen molar-refractivity contribution in [1.82, 2.24) is 9.78 Å². The highest BCUT2D eigenvalue weighted by atomic mass is 32.1. The van der Waals surface area contributed by atoms with Crippen molar-refractivity contribution in [3.05, 3.63) is 64.1 Å². The molecule has 3 rings (SSSR count). The summed E-state index contributed by atoms with van der Waals surface area (Å²) in [5.74, 6) is 0.452. The van der Waals surface area contributed by atoms with E-state index in [2.05, 4.69) is 42.5 Å². The largest absolute Gasteiger partial charge is 0.330 e. The summed E-state index contributed by atoms with van der Waals surface area (Å²) in [6.07, 6.45) is 0. The molecule has 1 N–H and O–H groups in total. The molecule has 0 saturated heterocycles. The monoisotopic (exact) mass is 327 g/mol. The van der Waals surface area contributed by atoms with Gasteiger partial charge in [0.1, 0.15) is 0 Å². The molecular formula is C17H17N3S2. The van der Waals surface area contributed by atoms with Gasteiger partial charge in [0.25, 0.3) is 0 Å². The van der Waals surface area contributed by atoms with Crippen molar-refractivity contribution in [3.63, 3.8) is 0 Å². The van der Waals surface area contributed by atoms with Crippen LogP contribution in [-0.4, -0.2) is 9.78 Å². The molecular weight excluding hydrogens is 310 g/mol. The Morgan fingerprint density at radius 1 is 1.05 bits per heavy atom. The zero-order valence-corrected chi connectivity index (χ0v) is 14.1. The first-order valence-corrected chi connectivity index (χ1v) is 8.39. The van der Waals surface area contributed by atoms with Crippen molar-refractivity contribution < 1.29 is 0 Å². The van der Waals surface area contributed by atoms with Gasteiger partial charge in [0.05, 0.1) is 5.69 Å². The van der Waals surface area contributed by atoms with Crippen LogP contribution < -0.4 is 5.32 Å². The average molecular weight is 327 g/mol. The second-order valence-electron chi connectivity index (χ2n) is 5.29. The molecule has 0 fully saturated rings. The Morgan fingerprint density at radius 3 is 2.45 bits per heavy atom. The topological polar surface area (TPSA) is 29.9 Å².